The van der Waals surface area contributed by atoms with E-state index >= 15 is 0 Å². The first-order chi connectivity index (χ1) is 13.5. The second kappa shape index (κ2) is 9.06. The Hall–Kier alpha value is -2.60. The summed E-state index contributed by atoms with van der Waals surface area (Å²) < 4.78 is 5.38. The number of benzene rings is 1. The lowest BCUT2D eigenvalue weighted by Crippen LogP contribution is -2.48. The van der Waals surface area contributed by atoms with Crippen LogP contribution in [0, 0.1) is 13.8 Å². The molecule has 2 heterocycles. The number of para-hydroxylation sites is 1. The molecule has 0 aliphatic carbocycles. The molecule has 6 nitrogen and oxygen atoms in total. The highest BCUT2D eigenvalue weighted by Crippen LogP contribution is 2.20. The average molecular weight is 383 g/mol. The van der Waals surface area contributed by atoms with Crippen molar-refractivity contribution in [1.82, 2.24) is 10.2 Å². The van der Waals surface area contributed by atoms with E-state index in [1.807, 2.05) is 49.9 Å². The fraction of sp³-hybridized carbons (Fsp3) is 0.455. The van der Waals surface area contributed by atoms with Gasteiger partial charge in [-0.2, -0.15) is 0 Å². The third-order valence-corrected chi connectivity index (χ3v) is 5.27. The second-order valence-corrected chi connectivity index (χ2v) is 7.36. The van der Waals surface area contributed by atoms with Crippen LogP contribution in [0.5, 0.6) is 0 Å². The minimum absolute atomic E-state index is 0.114. The lowest BCUT2D eigenvalue weighted by atomic mass is 10.0. The van der Waals surface area contributed by atoms with Crippen LogP contribution in [0.25, 0.3) is 0 Å². The van der Waals surface area contributed by atoms with E-state index in [2.05, 4.69) is 10.2 Å². The number of hydrogen-bond donors (Lipinski definition) is 1. The van der Waals surface area contributed by atoms with E-state index < -0.39 is 0 Å². The van der Waals surface area contributed by atoms with Crippen molar-refractivity contribution in [3.8, 4) is 0 Å². The molecule has 150 valence electrons. The summed E-state index contributed by atoms with van der Waals surface area (Å²) in [7, 11) is 0. The molecule has 0 unspecified atom stereocenters. The van der Waals surface area contributed by atoms with Crippen molar-refractivity contribution in [1.29, 1.82) is 0 Å². The monoisotopic (exact) mass is 383 g/mol. The fourth-order valence-electron chi connectivity index (χ4n) is 3.67. The van der Waals surface area contributed by atoms with Crippen LogP contribution in [0.15, 0.2) is 40.8 Å². The molecule has 2 amide bonds. The molecule has 0 spiro atoms. The van der Waals surface area contributed by atoms with E-state index in [1.54, 1.807) is 12.1 Å². The molecule has 1 saturated heterocycles. The van der Waals surface area contributed by atoms with E-state index in [9.17, 15) is 9.59 Å². The van der Waals surface area contributed by atoms with Crippen molar-refractivity contribution in [3.05, 3.63) is 53.5 Å². The van der Waals surface area contributed by atoms with Crippen LogP contribution < -0.4 is 10.2 Å². The first kappa shape index (κ1) is 20.1. The molecule has 0 radical (unpaired) electrons. The van der Waals surface area contributed by atoms with Gasteiger partial charge in [-0.1, -0.05) is 18.2 Å². The Kier molecular flexibility index (Phi) is 6.52. The summed E-state index contributed by atoms with van der Waals surface area (Å²) in [6, 6.07) is 11.6. The van der Waals surface area contributed by atoms with Crippen molar-refractivity contribution in [2.24, 2.45) is 0 Å². The number of nitrogens with one attached hydrogen (secondary N) is 1. The Morgan fingerprint density at radius 2 is 1.86 bits per heavy atom. The molecule has 1 aliphatic rings. The van der Waals surface area contributed by atoms with Crippen molar-refractivity contribution in [2.75, 3.05) is 31.1 Å². The smallest absolute Gasteiger partial charge is 0.287 e. The summed E-state index contributed by atoms with van der Waals surface area (Å²) in [4.78, 5) is 29.1. The number of carbonyl (C=O) groups excluding carboxylic acids is 2. The summed E-state index contributed by atoms with van der Waals surface area (Å²) in [6.07, 6.45) is 1.66. The zero-order valence-electron chi connectivity index (χ0n) is 16.9. The maximum atomic E-state index is 12.8. The third kappa shape index (κ3) is 4.81. The van der Waals surface area contributed by atoms with Gasteiger partial charge in [0.15, 0.2) is 5.76 Å². The molecule has 3 rings (SSSR count). The molecule has 28 heavy (non-hydrogen) atoms. The van der Waals surface area contributed by atoms with Crippen molar-refractivity contribution in [3.63, 3.8) is 0 Å². The number of furan rings is 1. The molecule has 0 atom stereocenters. The molecule has 1 fully saturated rings. The predicted molar refractivity (Wildman–Crippen MR) is 110 cm³/mol. The standard InChI is InChI=1S/C22H29N3O3/c1-4-25(19-8-6-5-7-16(19)2)21(26)15-24-13-11-18(12-14-24)23-22(27)20-10-9-17(3)28-20/h5-10,18H,4,11-15H2,1-3H3,(H,23,27). The Morgan fingerprint density at radius 3 is 2.46 bits per heavy atom. The third-order valence-electron chi connectivity index (χ3n) is 5.27. The maximum absolute atomic E-state index is 12.8. The molecular weight excluding hydrogens is 354 g/mol. The predicted octanol–water partition coefficient (Wildman–Crippen LogP) is 3.14. The SMILES string of the molecule is CCN(C(=O)CN1CCC(NC(=O)c2ccc(C)o2)CC1)c1ccccc1C. The van der Waals surface area contributed by atoms with Gasteiger partial charge >= 0.3 is 0 Å². The average Bonchev–Trinajstić information content (AvgIpc) is 3.12. The Labute approximate surface area is 166 Å². The quantitative estimate of drug-likeness (QED) is 0.832. The highest BCUT2D eigenvalue weighted by Gasteiger charge is 2.25. The van der Waals surface area contributed by atoms with Gasteiger partial charge in [0.2, 0.25) is 5.91 Å². The highest BCUT2D eigenvalue weighted by molar-refractivity contribution is 5.95. The molecule has 1 N–H and O–H groups in total. The van der Waals surface area contributed by atoms with E-state index in [1.165, 1.54) is 0 Å². The molecule has 1 aliphatic heterocycles. The fourth-order valence-corrected chi connectivity index (χ4v) is 3.67. The molecule has 2 aromatic rings. The van der Waals surface area contributed by atoms with Crippen molar-refractivity contribution >= 4 is 17.5 Å². The minimum atomic E-state index is -0.167. The van der Waals surface area contributed by atoms with E-state index in [-0.39, 0.29) is 17.9 Å². The van der Waals surface area contributed by atoms with E-state index in [0.717, 1.165) is 42.9 Å². The van der Waals surface area contributed by atoms with Crippen LogP contribution in [0.1, 0.15) is 41.6 Å². The number of rotatable bonds is 6. The van der Waals surface area contributed by atoms with Crippen LogP contribution in [0.2, 0.25) is 0 Å². The largest absolute Gasteiger partial charge is 0.456 e. The Bertz CT molecular complexity index is 822. The van der Waals surface area contributed by atoms with Gasteiger partial charge in [0.25, 0.3) is 5.91 Å². The molecule has 0 saturated carbocycles. The summed E-state index contributed by atoms with van der Waals surface area (Å²) in [5.41, 5.74) is 2.08. The summed E-state index contributed by atoms with van der Waals surface area (Å²) in [6.45, 7) is 8.49. The Balaban J connectivity index is 1.50. The minimum Gasteiger partial charge on any atom is -0.456 e. The van der Waals surface area contributed by atoms with Gasteiger partial charge in [0, 0.05) is 31.4 Å². The second-order valence-electron chi connectivity index (χ2n) is 7.36. The topological polar surface area (TPSA) is 65.8 Å². The zero-order valence-corrected chi connectivity index (χ0v) is 16.9. The molecule has 1 aromatic carbocycles. The van der Waals surface area contributed by atoms with Crippen molar-refractivity contribution in [2.45, 2.75) is 39.7 Å². The lowest BCUT2D eigenvalue weighted by Gasteiger charge is -2.33. The molecule has 6 heteroatoms. The molecular formula is C22H29N3O3. The number of anilines is 1. The van der Waals surface area contributed by atoms with E-state index in [0.29, 0.717) is 18.8 Å². The maximum Gasteiger partial charge on any atom is 0.287 e. The van der Waals surface area contributed by atoms with Gasteiger partial charge in [-0.25, -0.2) is 0 Å². The number of likely N-dealkylation sites (N-methyl/N-ethyl adjacent to an activating group) is 1. The number of aryl methyl sites for hydroxylation is 2. The summed E-state index contributed by atoms with van der Waals surface area (Å²) >= 11 is 0. The first-order valence-electron chi connectivity index (χ1n) is 9.93. The van der Waals surface area contributed by atoms with Crippen LogP contribution in [0.4, 0.5) is 5.69 Å². The van der Waals surface area contributed by atoms with Gasteiger partial charge in [-0.3, -0.25) is 14.5 Å². The van der Waals surface area contributed by atoms with Crippen LogP contribution >= 0.6 is 0 Å². The number of nitrogens with zero attached hydrogens (tertiary/aromatic N) is 2. The summed E-state index contributed by atoms with van der Waals surface area (Å²) in [5.74, 6) is 1.03. The normalized spacial score (nSPS) is 15.4. The van der Waals surface area contributed by atoms with Crippen LogP contribution in [-0.4, -0.2) is 48.9 Å². The van der Waals surface area contributed by atoms with Gasteiger partial charge in [0.05, 0.1) is 6.54 Å². The highest BCUT2D eigenvalue weighted by atomic mass is 16.3. The van der Waals surface area contributed by atoms with Gasteiger partial charge in [-0.15, -0.1) is 0 Å². The van der Waals surface area contributed by atoms with Gasteiger partial charge in [-0.05, 0) is 57.4 Å². The van der Waals surface area contributed by atoms with Crippen LogP contribution in [-0.2, 0) is 4.79 Å². The number of amides is 2. The van der Waals surface area contributed by atoms with Gasteiger partial charge < -0.3 is 14.6 Å². The van der Waals surface area contributed by atoms with Crippen LogP contribution in [0.3, 0.4) is 0 Å². The molecule has 1 aromatic heterocycles. The number of carbonyl (C=O) groups is 2. The number of hydrogen-bond acceptors (Lipinski definition) is 4. The number of piperidine rings is 1. The molecule has 0 bridgehead atoms. The zero-order chi connectivity index (χ0) is 20.1. The first-order valence-corrected chi connectivity index (χ1v) is 9.93. The van der Waals surface area contributed by atoms with Gasteiger partial charge in [0.1, 0.15) is 5.76 Å². The lowest BCUT2D eigenvalue weighted by molar-refractivity contribution is -0.120. The van der Waals surface area contributed by atoms with Crippen molar-refractivity contribution < 1.29 is 14.0 Å². The Morgan fingerprint density at radius 1 is 1.14 bits per heavy atom. The number of likely N-dealkylation sites (tertiary alicyclic amines) is 1. The summed E-state index contributed by atoms with van der Waals surface area (Å²) in [5, 5.41) is 3.03. The van der Waals surface area contributed by atoms with E-state index in [4.69, 9.17) is 4.42 Å².